The highest BCUT2D eigenvalue weighted by Crippen LogP contribution is 2.00. The summed E-state index contributed by atoms with van der Waals surface area (Å²) >= 11 is 0. The summed E-state index contributed by atoms with van der Waals surface area (Å²) in [4.78, 5) is 11.1. The van der Waals surface area contributed by atoms with Crippen molar-refractivity contribution in [3.63, 3.8) is 0 Å². The van der Waals surface area contributed by atoms with Crippen molar-refractivity contribution in [3.05, 3.63) is 0 Å². The smallest absolute Gasteiger partial charge is 0.220 e. The highest BCUT2D eigenvalue weighted by Gasteiger charge is 2.07. The number of ether oxygens (including phenoxy) is 1. The molecule has 1 N–H and O–H groups in total. The molecule has 0 heterocycles. The topological polar surface area (TPSA) is 62.1 Å². The number of hydrogen-bond acceptors (Lipinski definition) is 3. The van der Waals surface area contributed by atoms with E-state index in [9.17, 15) is 4.79 Å². The normalized spacial score (nSPS) is 11.8. The monoisotopic (exact) mass is 184 g/mol. The summed E-state index contributed by atoms with van der Waals surface area (Å²) < 4.78 is 4.90. The molecule has 74 valence electrons. The van der Waals surface area contributed by atoms with Crippen LogP contribution in [0.4, 0.5) is 0 Å². The van der Waals surface area contributed by atoms with Gasteiger partial charge in [-0.15, -0.1) is 0 Å². The first-order valence-electron chi connectivity index (χ1n) is 4.33. The molecule has 13 heavy (non-hydrogen) atoms. The highest BCUT2D eigenvalue weighted by molar-refractivity contribution is 5.76. The molecule has 4 heteroatoms. The second kappa shape index (κ2) is 7.56. The molecule has 0 bridgehead atoms. The Labute approximate surface area is 78.9 Å². The van der Waals surface area contributed by atoms with Crippen LogP contribution in [0.15, 0.2) is 0 Å². The van der Waals surface area contributed by atoms with Crippen molar-refractivity contribution in [2.45, 2.75) is 19.8 Å². The summed E-state index contributed by atoms with van der Waals surface area (Å²) in [7, 11) is 1.62. The van der Waals surface area contributed by atoms with Gasteiger partial charge in [0.2, 0.25) is 5.91 Å². The Morgan fingerprint density at radius 2 is 2.38 bits per heavy atom. The minimum Gasteiger partial charge on any atom is -0.384 e. The number of nitrogens with one attached hydrogen (secondary N) is 1. The van der Waals surface area contributed by atoms with E-state index in [-0.39, 0.29) is 11.8 Å². The SMILES string of the molecule is COCC(C)CC(=O)NCCC#N. The Morgan fingerprint density at radius 1 is 1.69 bits per heavy atom. The molecule has 0 aromatic heterocycles. The maximum atomic E-state index is 11.1. The molecule has 1 amide bonds. The van der Waals surface area contributed by atoms with Gasteiger partial charge in [-0.1, -0.05) is 6.92 Å². The number of carbonyl (C=O) groups excluding carboxylic acids is 1. The molecule has 0 rings (SSSR count). The second-order valence-electron chi connectivity index (χ2n) is 3.02. The molecule has 0 saturated carbocycles. The molecule has 0 aliphatic rings. The molecule has 1 atom stereocenters. The van der Waals surface area contributed by atoms with Crippen LogP contribution in [0.3, 0.4) is 0 Å². The lowest BCUT2D eigenvalue weighted by Gasteiger charge is -2.09. The van der Waals surface area contributed by atoms with E-state index in [0.717, 1.165) is 0 Å². The summed E-state index contributed by atoms with van der Waals surface area (Å²) in [6.07, 6.45) is 0.823. The van der Waals surface area contributed by atoms with Gasteiger partial charge in [0, 0.05) is 26.7 Å². The number of carbonyl (C=O) groups is 1. The standard InChI is InChI=1S/C9H16N2O2/c1-8(7-13-2)6-9(12)11-5-3-4-10/h8H,3,5-7H2,1-2H3,(H,11,12). The lowest BCUT2D eigenvalue weighted by molar-refractivity contribution is -0.122. The molecule has 0 fully saturated rings. The van der Waals surface area contributed by atoms with Crippen LogP contribution in [-0.2, 0) is 9.53 Å². The quantitative estimate of drug-likeness (QED) is 0.618. The molecule has 0 radical (unpaired) electrons. The Balaban J connectivity index is 3.45. The van der Waals surface area contributed by atoms with Gasteiger partial charge in [-0.2, -0.15) is 5.26 Å². The Kier molecular flexibility index (Phi) is 6.93. The van der Waals surface area contributed by atoms with Crippen molar-refractivity contribution in [1.82, 2.24) is 5.32 Å². The van der Waals surface area contributed by atoms with Gasteiger partial charge in [0.1, 0.15) is 0 Å². The Bertz CT molecular complexity index is 187. The van der Waals surface area contributed by atoms with Crippen molar-refractivity contribution in [1.29, 1.82) is 5.26 Å². The summed E-state index contributed by atoms with van der Waals surface area (Å²) in [6.45, 7) is 2.98. The predicted molar refractivity (Wildman–Crippen MR) is 48.9 cm³/mol. The molecule has 0 spiro atoms. The van der Waals surface area contributed by atoms with E-state index < -0.39 is 0 Å². The molecule has 0 aliphatic carbocycles. The Hall–Kier alpha value is -1.08. The van der Waals surface area contributed by atoms with Crippen LogP contribution in [0.5, 0.6) is 0 Å². The second-order valence-corrected chi connectivity index (χ2v) is 3.02. The van der Waals surface area contributed by atoms with Crippen molar-refractivity contribution in [2.24, 2.45) is 5.92 Å². The minimum atomic E-state index is -0.0141. The third-order valence-electron chi connectivity index (χ3n) is 1.54. The lowest BCUT2D eigenvalue weighted by atomic mass is 10.1. The van der Waals surface area contributed by atoms with Gasteiger partial charge in [-0.25, -0.2) is 0 Å². The maximum Gasteiger partial charge on any atom is 0.220 e. The minimum absolute atomic E-state index is 0.0141. The molecular weight excluding hydrogens is 168 g/mol. The zero-order chi connectivity index (χ0) is 10.1. The van der Waals surface area contributed by atoms with Crippen LogP contribution in [0, 0.1) is 17.2 Å². The number of amides is 1. The molecule has 0 aromatic carbocycles. The maximum absolute atomic E-state index is 11.1. The van der Waals surface area contributed by atoms with Gasteiger partial charge in [-0.05, 0) is 5.92 Å². The number of hydrogen-bond donors (Lipinski definition) is 1. The fourth-order valence-corrected chi connectivity index (χ4v) is 0.990. The number of rotatable bonds is 6. The van der Waals surface area contributed by atoms with Crippen molar-refractivity contribution in [2.75, 3.05) is 20.3 Å². The van der Waals surface area contributed by atoms with E-state index >= 15 is 0 Å². The van der Waals surface area contributed by atoms with Gasteiger partial charge in [0.05, 0.1) is 12.5 Å². The highest BCUT2D eigenvalue weighted by atomic mass is 16.5. The molecule has 1 unspecified atom stereocenters. The van der Waals surface area contributed by atoms with E-state index in [4.69, 9.17) is 10.00 Å². The van der Waals surface area contributed by atoms with Gasteiger partial charge < -0.3 is 10.1 Å². The van der Waals surface area contributed by atoms with Crippen LogP contribution in [-0.4, -0.2) is 26.2 Å². The lowest BCUT2D eigenvalue weighted by Crippen LogP contribution is -2.26. The van der Waals surface area contributed by atoms with Crippen LogP contribution in [0.2, 0.25) is 0 Å². The van der Waals surface area contributed by atoms with Crippen LogP contribution >= 0.6 is 0 Å². The van der Waals surface area contributed by atoms with Crippen LogP contribution < -0.4 is 5.32 Å². The van der Waals surface area contributed by atoms with Crippen molar-refractivity contribution < 1.29 is 9.53 Å². The van der Waals surface area contributed by atoms with E-state index in [0.29, 0.717) is 26.0 Å². The van der Waals surface area contributed by atoms with E-state index in [1.165, 1.54) is 0 Å². The molecule has 0 aromatic rings. The fraction of sp³-hybridized carbons (Fsp3) is 0.778. The molecule has 0 saturated heterocycles. The van der Waals surface area contributed by atoms with Crippen molar-refractivity contribution >= 4 is 5.91 Å². The summed E-state index contributed by atoms with van der Waals surface area (Å²) in [5, 5.41) is 10.9. The third kappa shape index (κ3) is 7.29. The predicted octanol–water partition coefficient (Wildman–Crippen LogP) is 0.689. The summed E-state index contributed by atoms with van der Waals surface area (Å²) in [5.74, 6) is 0.215. The van der Waals surface area contributed by atoms with Crippen molar-refractivity contribution in [3.8, 4) is 6.07 Å². The molecular formula is C9H16N2O2. The van der Waals surface area contributed by atoms with Gasteiger partial charge in [0.15, 0.2) is 0 Å². The average Bonchev–Trinajstić information content (AvgIpc) is 2.05. The van der Waals surface area contributed by atoms with E-state index in [1.807, 2.05) is 13.0 Å². The van der Waals surface area contributed by atoms with Gasteiger partial charge in [0.25, 0.3) is 0 Å². The van der Waals surface area contributed by atoms with E-state index in [1.54, 1.807) is 7.11 Å². The van der Waals surface area contributed by atoms with Crippen LogP contribution in [0.1, 0.15) is 19.8 Å². The number of nitrogens with zero attached hydrogens (tertiary/aromatic N) is 1. The number of nitriles is 1. The third-order valence-corrected chi connectivity index (χ3v) is 1.54. The number of methoxy groups -OCH3 is 1. The average molecular weight is 184 g/mol. The first-order chi connectivity index (χ1) is 6.20. The first-order valence-corrected chi connectivity index (χ1v) is 4.33. The zero-order valence-corrected chi connectivity index (χ0v) is 8.17. The fourth-order valence-electron chi connectivity index (χ4n) is 0.990. The van der Waals surface area contributed by atoms with E-state index in [2.05, 4.69) is 5.32 Å². The van der Waals surface area contributed by atoms with Gasteiger partial charge >= 0.3 is 0 Å². The summed E-state index contributed by atoms with van der Waals surface area (Å²) in [6, 6.07) is 1.96. The summed E-state index contributed by atoms with van der Waals surface area (Å²) in [5.41, 5.74) is 0. The van der Waals surface area contributed by atoms with Gasteiger partial charge in [-0.3, -0.25) is 4.79 Å². The molecule has 4 nitrogen and oxygen atoms in total. The van der Waals surface area contributed by atoms with Crippen LogP contribution in [0.25, 0.3) is 0 Å². The first kappa shape index (κ1) is 11.9. The Morgan fingerprint density at radius 3 is 2.92 bits per heavy atom. The zero-order valence-electron chi connectivity index (χ0n) is 8.17. The largest absolute Gasteiger partial charge is 0.384 e. The molecule has 0 aliphatic heterocycles.